The molecule has 4 unspecified atom stereocenters. The molecule has 0 spiro atoms. The van der Waals surface area contributed by atoms with Crippen molar-refractivity contribution in [2.24, 2.45) is 40.4 Å². The van der Waals surface area contributed by atoms with E-state index in [-0.39, 0.29) is 16.6 Å². The Kier molecular flexibility index (Phi) is 4.48. The van der Waals surface area contributed by atoms with Crippen LogP contribution in [-0.4, -0.2) is 16.9 Å². The van der Waals surface area contributed by atoms with E-state index < -0.39 is 5.97 Å². The van der Waals surface area contributed by atoms with E-state index in [9.17, 15) is 9.59 Å². The van der Waals surface area contributed by atoms with Gasteiger partial charge in [-0.15, -0.1) is 0 Å². The zero-order valence-electron chi connectivity index (χ0n) is 16.8. The van der Waals surface area contributed by atoms with Gasteiger partial charge in [0.25, 0.3) is 0 Å². The predicted molar refractivity (Wildman–Crippen MR) is 106 cm³/mol. The average Bonchev–Trinajstić information content (AvgIpc) is 2.97. The molecule has 7 atom stereocenters. The Morgan fingerprint density at radius 2 is 2.00 bits per heavy atom. The third-order valence-corrected chi connectivity index (χ3v) is 8.77. The Hall–Kier alpha value is -1.64. The summed E-state index contributed by atoms with van der Waals surface area (Å²) in [5.41, 5.74) is 1.70. The van der Waals surface area contributed by atoms with E-state index in [4.69, 9.17) is 5.11 Å². The van der Waals surface area contributed by atoms with Gasteiger partial charge in [-0.3, -0.25) is 4.79 Å². The predicted octanol–water partition coefficient (Wildman–Crippen LogP) is 5.19. The highest BCUT2D eigenvalue weighted by molar-refractivity contribution is 5.92. The molecule has 2 saturated carbocycles. The van der Waals surface area contributed by atoms with Crippen molar-refractivity contribution in [3.8, 4) is 0 Å². The van der Waals surface area contributed by atoms with Crippen LogP contribution >= 0.6 is 0 Å². The van der Waals surface area contributed by atoms with Gasteiger partial charge in [0.05, 0.1) is 0 Å². The maximum absolute atomic E-state index is 11.9. The highest BCUT2D eigenvalue weighted by Crippen LogP contribution is 2.66. The fraction of sp³-hybridized carbons (Fsp3) is 0.667. The molecule has 2 fully saturated rings. The summed E-state index contributed by atoms with van der Waals surface area (Å²) in [6.45, 7) is 7.04. The summed E-state index contributed by atoms with van der Waals surface area (Å²) in [6.07, 6.45) is 16.4. The Morgan fingerprint density at radius 3 is 2.74 bits per heavy atom. The van der Waals surface area contributed by atoms with Gasteiger partial charge in [0, 0.05) is 12.5 Å². The van der Waals surface area contributed by atoms with Crippen LogP contribution in [0.3, 0.4) is 0 Å². The topological polar surface area (TPSA) is 54.4 Å². The maximum Gasteiger partial charge on any atom is 0.327 e. The van der Waals surface area contributed by atoms with E-state index in [1.165, 1.54) is 37.3 Å². The highest BCUT2D eigenvalue weighted by Gasteiger charge is 2.58. The molecule has 0 heterocycles. The Balaban J connectivity index is 1.62. The van der Waals surface area contributed by atoms with Crippen molar-refractivity contribution in [1.29, 1.82) is 0 Å². The number of rotatable bonds is 3. The molecule has 4 aliphatic carbocycles. The van der Waals surface area contributed by atoms with Gasteiger partial charge in [-0.05, 0) is 84.2 Å². The number of allylic oxidation sites excluding steroid dienone is 5. The summed E-state index contributed by atoms with van der Waals surface area (Å²) < 4.78 is 0. The van der Waals surface area contributed by atoms with Gasteiger partial charge in [-0.2, -0.15) is 0 Å². The van der Waals surface area contributed by atoms with Crippen molar-refractivity contribution >= 4 is 11.8 Å². The van der Waals surface area contributed by atoms with Crippen LogP contribution in [-0.2, 0) is 9.59 Å². The summed E-state index contributed by atoms with van der Waals surface area (Å²) in [7, 11) is 0. The second-order valence-electron chi connectivity index (χ2n) is 9.92. The van der Waals surface area contributed by atoms with Crippen LogP contribution < -0.4 is 0 Å². The van der Waals surface area contributed by atoms with E-state index in [2.05, 4.69) is 32.9 Å². The number of carboxylic acids is 1. The highest BCUT2D eigenvalue weighted by atomic mass is 16.4. The molecule has 146 valence electrons. The molecule has 4 rings (SSSR count). The van der Waals surface area contributed by atoms with Crippen molar-refractivity contribution in [2.45, 2.75) is 59.3 Å². The van der Waals surface area contributed by atoms with Crippen LogP contribution in [0, 0.1) is 40.4 Å². The number of fused-ring (bicyclic) bond motifs is 5. The van der Waals surface area contributed by atoms with Gasteiger partial charge in [0.2, 0.25) is 0 Å². The number of ketones is 1. The molecule has 0 saturated heterocycles. The molecule has 0 aromatic carbocycles. The molecule has 0 aliphatic heterocycles. The molecule has 3 heteroatoms. The number of carboxylic acid groups (broad SMARTS) is 1. The van der Waals surface area contributed by atoms with Crippen molar-refractivity contribution in [3.05, 3.63) is 36.0 Å². The van der Waals surface area contributed by atoms with E-state index >= 15 is 0 Å². The Morgan fingerprint density at radius 1 is 1.22 bits per heavy atom. The lowest BCUT2D eigenvalue weighted by Gasteiger charge is -2.56. The van der Waals surface area contributed by atoms with Gasteiger partial charge in [-0.25, -0.2) is 4.79 Å². The number of carbonyl (C=O) groups excluding carboxylic acids is 1. The SMILES string of the molecule is C[C@H](/C=C/C(=O)O)C1CCC2C3C=CC4=CC(=O)CC[C@]4(C)C3CC[C@@]21C. The normalized spacial score (nSPS) is 44.4. The van der Waals surface area contributed by atoms with Crippen LogP contribution in [0.1, 0.15) is 59.3 Å². The first-order valence-electron chi connectivity index (χ1n) is 10.6. The third-order valence-electron chi connectivity index (χ3n) is 8.77. The van der Waals surface area contributed by atoms with E-state index in [0.29, 0.717) is 36.0 Å². The first-order chi connectivity index (χ1) is 12.8. The first-order valence-corrected chi connectivity index (χ1v) is 10.6. The van der Waals surface area contributed by atoms with Crippen molar-refractivity contribution in [1.82, 2.24) is 0 Å². The van der Waals surface area contributed by atoms with E-state index in [0.717, 1.165) is 6.42 Å². The van der Waals surface area contributed by atoms with E-state index in [1.54, 1.807) is 0 Å². The molecule has 3 nitrogen and oxygen atoms in total. The summed E-state index contributed by atoms with van der Waals surface area (Å²) in [5, 5.41) is 8.99. The Labute approximate surface area is 162 Å². The van der Waals surface area contributed by atoms with Crippen molar-refractivity contribution in [2.75, 3.05) is 0 Å². The summed E-state index contributed by atoms with van der Waals surface area (Å²) in [4.78, 5) is 22.9. The molecule has 0 aromatic rings. The lowest BCUT2D eigenvalue weighted by atomic mass is 9.48. The Bertz CT molecular complexity index is 745. The minimum absolute atomic E-state index is 0.154. The minimum atomic E-state index is -0.848. The van der Waals surface area contributed by atoms with Gasteiger partial charge in [0.1, 0.15) is 0 Å². The quantitative estimate of drug-likeness (QED) is 0.698. The summed E-state index contributed by atoms with van der Waals surface area (Å²) in [5.74, 6) is 2.21. The van der Waals surface area contributed by atoms with Crippen LogP contribution in [0.2, 0.25) is 0 Å². The molecule has 0 radical (unpaired) electrons. The zero-order chi connectivity index (χ0) is 19.4. The lowest BCUT2D eigenvalue weighted by molar-refractivity contribution is -0.131. The lowest BCUT2D eigenvalue weighted by Crippen LogP contribution is -2.49. The smallest absolute Gasteiger partial charge is 0.327 e. The second-order valence-corrected chi connectivity index (χ2v) is 9.92. The average molecular weight is 369 g/mol. The minimum Gasteiger partial charge on any atom is -0.478 e. The van der Waals surface area contributed by atoms with Crippen LogP contribution in [0.25, 0.3) is 0 Å². The first kappa shape index (κ1) is 18.7. The third kappa shape index (κ3) is 2.85. The molecule has 1 N–H and O–H groups in total. The second kappa shape index (κ2) is 6.46. The largest absolute Gasteiger partial charge is 0.478 e. The number of hydrogen-bond acceptors (Lipinski definition) is 2. The molecular weight excluding hydrogens is 336 g/mol. The number of aliphatic carboxylic acids is 1. The van der Waals surface area contributed by atoms with Gasteiger partial charge in [0.15, 0.2) is 5.78 Å². The zero-order valence-corrected chi connectivity index (χ0v) is 16.8. The van der Waals surface area contributed by atoms with Crippen molar-refractivity contribution in [3.63, 3.8) is 0 Å². The number of carbonyl (C=O) groups is 2. The molecule has 27 heavy (non-hydrogen) atoms. The summed E-state index contributed by atoms with van der Waals surface area (Å²) in [6, 6.07) is 0. The standard InChI is InChI=1S/C24H32O3/c1-15(4-9-22(26)27)19-7-8-20-18-6-5-16-14-17(25)10-12-23(16,2)21(18)11-13-24(19,20)3/h4-6,9,14-15,18-21H,7-8,10-13H2,1-3H3,(H,26,27)/b9-4+/t15-,18?,19?,20?,21?,23+,24-/m1/s1. The van der Waals surface area contributed by atoms with Gasteiger partial charge < -0.3 is 5.11 Å². The van der Waals surface area contributed by atoms with Crippen molar-refractivity contribution < 1.29 is 14.7 Å². The van der Waals surface area contributed by atoms with Crippen LogP contribution in [0.15, 0.2) is 36.0 Å². The molecule has 0 bridgehead atoms. The summed E-state index contributed by atoms with van der Waals surface area (Å²) >= 11 is 0. The van der Waals surface area contributed by atoms with Crippen LogP contribution in [0.5, 0.6) is 0 Å². The van der Waals surface area contributed by atoms with Gasteiger partial charge in [-0.1, -0.05) is 39.0 Å². The fourth-order valence-electron chi connectivity index (χ4n) is 7.27. The van der Waals surface area contributed by atoms with Gasteiger partial charge >= 0.3 is 5.97 Å². The number of hydrogen-bond donors (Lipinski definition) is 1. The van der Waals surface area contributed by atoms with E-state index in [1.807, 2.05) is 12.2 Å². The molecular formula is C24H32O3. The molecule has 0 aromatic heterocycles. The monoisotopic (exact) mass is 368 g/mol. The fourth-order valence-corrected chi connectivity index (χ4v) is 7.27. The van der Waals surface area contributed by atoms with Crippen LogP contribution in [0.4, 0.5) is 0 Å². The molecule has 0 amide bonds. The maximum atomic E-state index is 11.9. The molecule has 4 aliphatic rings.